The van der Waals surface area contributed by atoms with E-state index in [1.54, 1.807) is 19.1 Å². The maximum Gasteiger partial charge on any atom is 0.232 e. The molecule has 0 bridgehead atoms. The number of halogens is 1. The second kappa shape index (κ2) is 4.19. The first-order chi connectivity index (χ1) is 6.44. The highest BCUT2D eigenvalue weighted by Crippen LogP contribution is 2.23. The lowest BCUT2D eigenvalue weighted by Gasteiger charge is -2.08. The summed E-state index contributed by atoms with van der Waals surface area (Å²) in [6.45, 7) is 3.45. The van der Waals surface area contributed by atoms with Gasteiger partial charge in [-0.15, -0.1) is 0 Å². The zero-order chi connectivity index (χ0) is 10.8. The summed E-state index contributed by atoms with van der Waals surface area (Å²) >= 11 is 5.83. The molecule has 3 nitrogen and oxygen atoms in total. The number of sulfonamides is 1. The van der Waals surface area contributed by atoms with E-state index in [-0.39, 0.29) is 5.75 Å². The Hall–Kier alpha value is -0.740. The van der Waals surface area contributed by atoms with E-state index in [2.05, 4.69) is 4.72 Å². The average molecular weight is 234 g/mol. The van der Waals surface area contributed by atoms with Crippen molar-refractivity contribution in [1.82, 2.24) is 0 Å². The molecule has 0 amide bonds. The van der Waals surface area contributed by atoms with Gasteiger partial charge in [-0.05, 0) is 31.5 Å². The maximum atomic E-state index is 11.3. The molecule has 1 N–H and O–H groups in total. The van der Waals surface area contributed by atoms with Crippen LogP contribution >= 0.6 is 11.6 Å². The molecule has 0 spiro atoms. The van der Waals surface area contributed by atoms with Gasteiger partial charge < -0.3 is 0 Å². The maximum absolute atomic E-state index is 11.3. The van der Waals surface area contributed by atoms with E-state index in [0.29, 0.717) is 10.7 Å². The Kier molecular flexibility index (Phi) is 3.39. The van der Waals surface area contributed by atoms with Gasteiger partial charge in [-0.3, -0.25) is 4.72 Å². The van der Waals surface area contributed by atoms with Crippen LogP contribution in [0, 0.1) is 6.92 Å². The highest BCUT2D eigenvalue weighted by molar-refractivity contribution is 7.92. The van der Waals surface area contributed by atoms with Gasteiger partial charge in [-0.1, -0.05) is 17.7 Å². The first-order valence-corrected chi connectivity index (χ1v) is 6.24. The topological polar surface area (TPSA) is 46.2 Å². The summed E-state index contributed by atoms with van der Waals surface area (Å²) in [7, 11) is -3.25. The number of anilines is 1. The van der Waals surface area contributed by atoms with Gasteiger partial charge in [-0.25, -0.2) is 8.42 Å². The number of aryl methyl sites for hydroxylation is 1. The molecule has 0 aliphatic carbocycles. The first-order valence-electron chi connectivity index (χ1n) is 4.21. The normalized spacial score (nSPS) is 11.4. The van der Waals surface area contributed by atoms with Crippen LogP contribution in [0.3, 0.4) is 0 Å². The highest BCUT2D eigenvalue weighted by Gasteiger charge is 2.09. The van der Waals surface area contributed by atoms with E-state index >= 15 is 0 Å². The van der Waals surface area contributed by atoms with Gasteiger partial charge in [0.2, 0.25) is 10.0 Å². The van der Waals surface area contributed by atoms with Crippen molar-refractivity contribution < 1.29 is 8.42 Å². The van der Waals surface area contributed by atoms with Gasteiger partial charge in [0.05, 0.1) is 16.5 Å². The number of nitrogens with one attached hydrogen (secondary N) is 1. The van der Waals surface area contributed by atoms with Crippen LogP contribution in [-0.2, 0) is 10.0 Å². The van der Waals surface area contributed by atoms with E-state index in [4.69, 9.17) is 11.6 Å². The summed E-state index contributed by atoms with van der Waals surface area (Å²) in [5.41, 5.74) is 1.40. The van der Waals surface area contributed by atoms with Gasteiger partial charge in [-0.2, -0.15) is 0 Å². The minimum Gasteiger partial charge on any atom is -0.282 e. The fourth-order valence-electron chi connectivity index (χ4n) is 0.957. The molecule has 0 saturated heterocycles. The lowest BCUT2D eigenvalue weighted by molar-refractivity contribution is 0.602. The summed E-state index contributed by atoms with van der Waals surface area (Å²) in [4.78, 5) is 0. The van der Waals surface area contributed by atoms with E-state index in [1.807, 2.05) is 13.0 Å². The third-order valence-electron chi connectivity index (χ3n) is 1.77. The van der Waals surface area contributed by atoms with Crippen molar-refractivity contribution in [2.75, 3.05) is 10.5 Å². The average Bonchev–Trinajstić information content (AvgIpc) is 2.11. The van der Waals surface area contributed by atoms with Crippen molar-refractivity contribution in [3.63, 3.8) is 0 Å². The molecule has 78 valence electrons. The Labute approximate surface area is 89.1 Å². The number of rotatable bonds is 3. The lowest BCUT2D eigenvalue weighted by Crippen LogP contribution is -2.14. The molecular formula is C9H12ClNO2S. The molecular weight excluding hydrogens is 222 g/mol. The van der Waals surface area contributed by atoms with Crippen LogP contribution in [0.15, 0.2) is 18.2 Å². The lowest BCUT2D eigenvalue weighted by atomic mass is 10.2. The fourth-order valence-corrected chi connectivity index (χ4v) is 1.83. The van der Waals surface area contributed by atoms with Crippen molar-refractivity contribution in [2.45, 2.75) is 13.8 Å². The number of hydrogen-bond donors (Lipinski definition) is 1. The van der Waals surface area contributed by atoms with E-state index in [0.717, 1.165) is 5.56 Å². The van der Waals surface area contributed by atoms with Gasteiger partial charge in [0.1, 0.15) is 0 Å². The number of hydrogen-bond acceptors (Lipinski definition) is 2. The van der Waals surface area contributed by atoms with Crippen LogP contribution < -0.4 is 4.72 Å². The highest BCUT2D eigenvalue weighted by atomic mass is 35.5. The van der Waals surface area contributed by atoms with E-state index in [1.165, 1.54) is 0 Å². The van der Waals surface area contributed by atoms with Gasteiger partial charge in [0, 0.05) is 0 Å². The summed E-state index contributed by atoms with van der Waals surface area (Å²) in [5.74, 6) is 0.0390. The smallest absolute Gasteiger partial charge is 0.232 e. The minimum atomic E-state index is -3.25. The van der Waals surface area contributed by atoms with Crippen molar-refractivity contribution in [1.29, 1.82) is 0 Å². The Morgan fingerprint density at radius 2 is 2.07 bits per heavy atom. The third kappa shape index (κ3) is 2.89. The zero-order valence-corrected chi connectivity index (χ0v) is 9.61. The molecule has 0 aliphatic heterocycles. The zero-order valence-electron chi connectivity index (χ0n) is 8.04. The van der Waals surface area contributed by atoms with Crippen molar-refractivity contribution in [3.05, 3.63) is 28.8 Å². The molecule has 1 rings (SSSR count). The molecule has 0 saturated carbocycles. The molecule has 0 atom stereocenters. The van der Waals surface area contributed by atoms with Crippen molar-refractivity contribution >= 4 is 27.3 Å². The Morgan fingerprint density at radius 3 is 2.64 bits per heavy atom. The summed E-state index contributed by atoms with van der Waals surface area (Å²) in [5, 5.41) is 0.410. The van der Waals surface area contributed by atoms with Gasteiger partial charge in [0.25, 0.3) is 0 Å². The molecule has 0 aromatic heterocycles. The van der Waals surface area contributed by atoms with Crippen molar-refractivity contribution in [2.24, 2.45) is 0 Å². The first kappa shape index (κ1) is 11.3. The monoisotopic (exact) mass is 233 g/mol. The standard InChI is InChI=1S/C9H12ClNO2S/c1-3-14(12,13)11-9-6-7(2)4-5-8(9)10/h4-6,11H,3H2,1-2H3. The Balaban J connectivity index is 3.03. The SMILES string of the molecule is CCS(=O)(=O)Nc1cc(C)ccc1Cl. The molecule has 14 heavy (non-hydrogen) atoms. The Bertz CT molecular complexity index is 428. The van der Waals surface area contributed by atoms with E-state index < -0.39 is 10.0 Å². The molecule has 1 aromatic rings. The molecule has 0 unspecified atom stereocenters. The third-order valence-corrected chi connectivity index (χ3v) is 3.39. The second-order valence-corrected chi connectivity index (χ2v) is 5.41. The molecule has 0 aliphatic rings. The summed E-state index contributed by atoms with van der Waals surface area (Å²) in [6, 6.07) is 5.20. The summed E-state index contributed by atoms with van der Waals surface area (Å²) in [6.07, 6.45) is 0. The minimum absolute atomic E-state index is 0.0390. The molecule has 0 fully saturated rings. The molecule has 0 radical (unpaired) electrons. The quantitative estimate of drug-likeness (QED) is 0.872. The van der Waals surface area contributed by atoms with Crippen LogP contribution in [0.5, 0.6) is 0 Å². The molecule has 0 heterocycles. The van der Waals surface area contributed by atoms with Gasteiger partial charge in [0.15, 0.2) is 0 Å². The largest absolute Gasteiger partial charge is 0.282 e. The van der Waals surface area contributed by atoms with Crippen LogP contribution in [0.1, 0.15) is 12.5 Å². The number of benzene rings is 1. The predicted molar refractivity (Wildman–Crippen MR) is 59.3 cm³/mol. The van der Waals surface area contributed by atoms with E-state index in [9.17, 15) is 8.42 Å². The second-order valence-electron chi connectivity index (χ2n) is 2.99. The van der Waals surface area contributed by atoms with Crippen LogP contribution in [-0.4, -0.2) is 14.2 Å². The van der Waals surface area contributed by atoms with Crippen molar-refractivity contribution in [3.8, 4) is 0 Å². The van der Waals surface area contributed by atoms with Crippen LogP contribution in [0.25, 0.3) is 0 Å². The van der Waals surface area contributed by atoms with Crippen LogP contribution in [0.2, 0.25) is 5.02 Å². The van der Waals surface area contributed by atoms with Crippen LogP contribution in [0.4, 0.5) is 5.69 Å². The molecule has 1 aromatic carbocycles. The van der Waals surface area contributed by atoms with Gasteiger partial charge >= 0.3 is 0 Å². The Morgan fingerprint density at radius 1 is 1.43 bits per heavy atom. The summed E-state index contributed by atoms with van der Waals surface area (Å²) < 4.78 is 24.9. The fraction of sp³-hybridized carbons (Fsp3) is 0.333. The predicted octanol–water partition coefficient (Wildman–Crippen LogP) is 2.41. The molecule has 5 heteroatoms.